The molecule has 0 fully saturated rings. The van der Waals surface area contributed by atoms with Crippen molar-refractivity contribution in [1.29, 1.82) is 0 Å². The van der Waals surface area contributed by atoms with Gasteiger partial charge in [0.1, 0.15) is 13.2 Å². The van der Waals surface area contributed by atoms with Crippen LogP contribution in [0.2, 0.25) is 0 Å². The minimum atomic E-state index is -1.11. The Morgan fingerprint density at radius 3 is 1.47 bits per heavy atom. The standard InChI is InChI=1S/C23H45NO10/c1-2-3-4-5-6-8-28-10-12-30-14-16-32-18-19-33-17-15-31-13-11-29-9-7-24-22(25)20-34-21-23(26)27/h2-21H2,1H3,(H,24,25)(H,26,27). The van der Waals surface area contributed by atoms with Crippen molar-refractivity contribution in [2.75, 3.05) is 99.0 Å². The molecule has 0 aliphatic carbocycles. The van der Waals surface area contributed by atoms with Crippen LogP contribution in [-0.2, 0) is 42.7 Å². The van der Waals surface area contributed by atoms with Gasteiger partial charge in [-0.25, -0.2) is 4.79 Å². The minimum Gasteiger partial charge on any atom is -0.480 e. The molecule has 1 amide bonds. The number of carbonyl (C=O) groups is 2. The fourth-order valence-corrected chi connectivity index (χ4v) is 2.55. The van der Waals surface area contributed by atoms with Crippen molar-refractivity contribution in [3.8, 4) is 0 Å². The molecule has 11 heteroatoms. The first-order valence-corrected chi connectivity index (χ1v) is 12.2. The molecule has 0 aromatic rings. The number of hydrogen-bond acceptors (Lipinski definition) is 9. The number of carboxylic acids is 1. The van der Waals surface area contributed by atoms with Crippen LogP contribution in [0, 0.1) is 0 Å². The summed E-state index contributed by atoms with van der Waals surface area (Å²) in [5, 5.41) is 10.9. The summed E-state index contributed by atoms with van der Waals surface area (Å²) in [6.07, 6.45) is 6.23. The van der Waals surface area contributed by atoms with E-state index in [1.54, 1.807) is 0 Å². The summed E-state index contributed by atoms with van der Waals surface area (Å²) < 4.78 is 37.2. The number of rotatable bonds is 28. The highest BCUT2D eigenvalue weighted by Crippen LogP contribution is 2.02. The number of nitrogens with one attached hydrogen (secondary N) is 1. The van der Waals surface area contributed by atoms with Crippen LogP contribution >= 0.6 is 0 Å². The normalized spacial score (nSPS) is 11.1. The summed E-state index contributed by atoms with van der Waals surface area (Å²) in [6, 6.07) is 0. The third kappa shape index (κ3) is 28.7. The molecular formula is C23H45NO10. The molecule has 202 valence electrons. The van der Waals surface area contributed by atoms with E-state index in [9.17, 15) is 9.59 Å². The van der Waals surface area contributed by atoms with E-state index in [4.69, 9.17) is 33.5 Å². The molecule has 0 unspecified atom stereocenters. The number of ether oxygens (including phenoxy) is 7. The van der Waals surface area contributed by atoms with E-state index in [1.165, 1.54) is 25.7 Å². The Hall–Kier alpha value is -1.34. The molecule has 11 nitrogen and oxygen atoms in total. The van der Waals surface area contributed by atoms with Gasteiger partial charge in [0.25, 0.3) is 0 Å². The molecule has 0 saturated heterocycles. The van der Waals surface area contributed by atoms with Crippen LogP contribution in [0.5, 0.6) is 0 Å². The molecule has 0 rings (SSSR count). The Morgan fingerprint density at radius 1 is 0.559 bits per heavy atom. The van der Waals surface area contributed by atoms with Crippen LogP contribution in [0.15, 0.2) is 0 Å². The SMILES string of the molecule is CCCCCCCOCCOCCOCCOCCOCCOCCNC(=O)COCC(=O)O. The predicted octanol–water partition coefficient (Wildman–Crippen LogP) is 1.27. The lowest BCUT2D eigenvalue weighted by atomic mass is 10.2. The van der Waals surface area contributed by atoms with Crippen molar-refractivity contribution in [2.45, 2.75) is 39.0 Å². The highest BCUT2D eigenvalue weighted by atomic mass is 16.6. The number of aliphatic carboxylic acids is 1. The van der Waals surface area contributed by atoms with Gasteiger partial charge in [0.05, 0.1) is 72.7 Å². The van der Waals surface area contributed by atoms with Crippen molar-refractivity contribution in [3.05, 3.63) is 0 Å². The zero-order valence-corrected chi connectivity index (χ0v) is 20.8. The molecule has 0 saturated carbocycles. The minimum absolute atomic E-state index is 0.289. The van der Waals surface area contributed by atoms with Crippen LogP contribution in [0.4, 0.5) is 0 Å². The van der Waals surface area contributed by atoms with Gasteiger partial charge in [0, 0.05) is 13.2 Å². The molecule has 0 aliphatic heterocycles. The fourth-order valence-electron chi connectivity index (χ4n) is 2.55. The summed E-state index contributed by atoms with van der Waals surface area (Å²) in [5.41, 5.74) is 0. The maximum Gasteiger partial charge on any atom is 0.329 e. The van der Waals surface area contributed by atoms with Gasteiger partial charge < -0.3 is 43.6 Å². The summed E-state index contributed by atoms with van der Waals surface area (Å²) >= 11 is 0. The van der Waals surface area contributed by atoms with E-state index < -0.39 is 12.6 Å². The third-order valence-electron chi connectivity index (χ3n) is 4.28. The van der Waals surface area contributed by atoms with E-state index in [2.05, 4.69) is 17.0 Å². The van der Waals surface area contributed by atoms with Gasteiger partial charge in [0.2, 0.25) is 5.91 Å². The average Bonchev–Trinajstić information content (AvgIpc) is 2.81. The zero-order chi connectivity index (χ0) is 25.0. The Kier molecular flexibility index (Phi) is 26.8. The quantitative estimate of drug-likeness (QED) is 0.153. The fraction of sp³-hybridized carbons (Fsp3) is 0.913. The van der Waals surface area contributed by atoms with Crippen molar-refractivity contribution in [1.82, 2.24) is 5.32 Å². The van der Waals surface area contributed by atoms with Gasteiger partial charge in [-0.1, -0.05) is 32.6 Å². The number of carbonyl (C=O) groups excluding carboxylic acids is 1. The van der Waals surface area contributed by atoms with Crippen molar-refractivity contribution >= 4 is 11.9 Å². The molecular weight excluding hydrogens is 450 g/mol. The third-order valence-corrected chi connectivity index (χ3v) is 4.28. The molecule has 0 aliphatic rings. The number of hydrogen-bond donors (Lipinski definition) is 2. The van der Waals surface area contributed by atoms with E-state index in [1.807, 2.05) is 0 Å². The summed E-state index contributed by atoms with van der Waals surface area (Å²) in [5.74, 6) is -1.50. The molecule has 0 atom stereocenters. The number of carboxylic acid groups (broad SMARTS) is 1. The van der Waals surface area contributed by atoms with E-state index in [0.29, 0.717) is 79.2 Å². The van der Waals surface area contributed by atoms with Gasteiger partial charge in [0.15, 0.2) is 0 Å². The molecule has 0 bridgehead atoms. The summed E-state index contributed by atoms with van der Waals surface area (Å²) in [4.78, 5) is 21.5. The summed E-state index contributed by atoms with van der Waals surface area (Å²) in [6.45, 7) is 7.95. The Morgan fingerprint density at radius 2 is 1.00 bits per heavy atom. The molecule has 0 spiro atoms. The van der Waals surface area contributed by atoms with Crippen LogP contribution < -0.4 is 5.32 Å². The number of amides is 1. The topological polar surface area (TPSA) is 131 Å². The van der Waals surface area contributed by atoms with Gasteiger partial charge in [-0.15, -0.1) is 0 Å². The van der Waals surface area contributed by atoms with E-state index in [0.717, 1.165) is 13.0 Å². The highest BCUT2D eigenvalue weighted by molar-refractivity contribution is 5.77. The van der Waals surface area contributed by atoms with Crippen LogP contribution in [0.25, 0.3) is 0 Å². The van der Waals surface area contributed by atoms with E-state index in [-0.39, 0.29) is 12.5 Å². The molecule has 0 heterocycles. The van der Waals surface area contributed by atoms with Gasteiger partial charge in [-0.2, -0.15) is 0 Å². The van der Waals surface area contributed by atoms with Crippen LogP contribution in [-0.4, -0.2) is 116 Å². The van der Waals surface area contributed by atoms with Gasteiger partial charge in [-0.3, -0.25) is 4.79 Å². The van der Waals surface area contributed by atoms with Crippen molar-refractivity contribution < 1.29 is 47.9 Å². The molecule has 0 radical (unpaired) electrons. The second kappa shape index (κ2) is 27.9. The first-order chi connectivity index (χ1) is 16.7. The Bertz CT molecular complexity index is 453. The van der Waals surface area contributed by atoms with Crippen LogP contribution in [0.1, 0.15) is 39.0 Å². The van der Waals surface area contributed by atoms with Crippen molar-refractivity contribution in [3.63, 3.8) is 0 Å². The maximum atomic E-state index is 11.3. The Labute approximate surface area is 203 Å². The molecule has 0 aromatic heterocycles. The Balaban J connectivity index is 3.09. The zero-order valence-electron chi connectivity index (χ0n) is 20.8. The number of unbranched alkanes of at least 4 members (excludes halogenated alkanes) is 4. The first-order valence-electron chi connectivity index (χ1n) is 12.2. The monoisotopic (exact) mass is 495 g/mol. The van der Waals surface area contributed by atoms with Crippen molar-refractivity contribution in [2.24, 2.45) is 0 Å². The second-order valence-corrected chi connectivity index (χ2v) is 7.32. The van der Waals surface area contributed by atoms with Gasteiger partial charge in [-0.05, 0) is 6.42 Å². The maximum absolute atomic E-state index is 11.3. The smallest absolute Gasteiger partial charge is 0.329 e. The van der Waals surface area contributed by atoms with Gasteiger partial charge >= 0.3 is 5.97 Å². The molecule has 34 heavy (non-hydrogen) atoms. The molecule has 2 N–H and O–H groups in total. The molecule has 0 aromatic carbocycles. The largest absolute Gasteiger partial charge is 0.480 e. The predicted molar refractivity (Wildman–Crippen MR) is 125 cm³/mol. The lowest BCUT2D eigenvalue weighted by Crippen LogP contribution is -2.31. The average molecular weight is 496 g/mol. The highest BCUT2D eigenvalue weighted by Gasteiger charge is 2.03. The first kappa shape index (κ1) is 32.7. The summed E-state index contributed by atoms with van der Waals surface area (Å²) in [7, 11) is 0. The lowest BCUT2D eigenvalue weighted by molar-refractivity contribution is -0.143. The second-order valence-electron chi connectivity index (χ2n) is 7.32. The van der Waals surface area contributed by atoms with Crippen LogP contribution in [0.3, 0.4) is 0 Å². The van der Waals surface area contributed by atoms with E-state index >= 15 is 0 Å². The lowest BCUT2D eigenvalue weighted by Gasteiger charge is -2.08.